The van der Waals surface area contributed by atoms with Crippen molar-refractivity contribution in [2.75, 3.05) is 5.75 Å². The van der Waals surface area contributed by atoms with Crippen molar-refractivity contribution in [2.24, 2.45) is 0 Å². The number of hydrogen-bond donors (Lipinski definition) is 0. The smallest absolute Gasteiger partial charge is 0.748 e. The van der Waals surface area contributed by atoms with Crippen molar-refractivity contribution in [1.82, 2.24) is 0 Å². The Balaban J connectivity index is 0. The standard InChI is InChI=1S/C6H12O4S.Na/c1-6(7)4-2-3-5-11(8,9)10;/h2-5H2,1H3,(H,8,9,10);/q;+1/p-1. The van der Waals surface area contributed by atoms with Crippen LogP contribution in [0.1, 0.15) is 26.2 Å². The van der Waals surface area contributed by atoms with E-state index in [9.17, 15) is 17.8 Å². The predicted molar refractivity (Wildman–Crippen MR) is 39.1 cm³/mol. The Bertz CT molecular complexity index is 222. The molecule has 0 spiro atoms. The summed E-state index contributed by atoms with van der Waals surface area (Å²) in [7, 11) is -4.08. The number of ketones is 1. The molecule has 0 aromatic rings. The van der Waals surface area contributed by atoms with E-state index in [1.165, 1.54) is 6.92 Å². The van der Waals surface area contributed by atoms with Crippen molar-refractivity contribution in [1.29, 1.82) is 0 Å². The van der Waals surface area contributed by atoms with Gasteiger partial charge in [-0.3, -0.25) is 0 Å². The molecule has 4 nitrogen and oxygen atoms in total. The Morgan fingerprint density at radius 1 is 1.33 bits per heavy atom. The SMILES string of the molecule is CC(=O)CCCCS(=O)(=O)[O-].[Na+]. The predicted octanol–water partition coefficient (Wildman–Crippen LogP) is -2.71. The zero-order valence-corrected chi connectivity index (χ0v) is 10.2. The second-order valence-electron chi connectivity index (χ2n) is 2.42. The van der Waals surface area contributed by atoms with Crippen LogP contribution in [0.3, 0.4) is 0 Å². The third kappa shape index (κ3) is 13.2. The Hall–Kier alpha value is 0.580. The average molecular weight is 202 g/mol. The van der Waals surface area contributed by atoms with Crippen molar-refractivity contribution in [3.63, 3.8) is 0 Å². The number of rotatable bonds is 5. The van der Waals surface area contributed by atoms with Crippen LogP contribution >= 0.6 is 0 Å². The molecule has 0 aliphatic heterocycles. The van der Waals surface area contributed by atoms with Gasteiger partial charge in [-0.05, 0) is 19.8 Å². The molecule has 0 aromatic carbocycles. The minimum absolute atomic E-state index is 0. The molecule has 6 heteroatoms. The van der Waals surface area contributed by atoms with Crippen molar-refractivity contribution in [3.8, 4) is 0 Å². The van der Waals surface area contributed by atoms with Gasteiger partial charge in [0.2, 0.25) is 0 Å². The van der Waals surface area contributed by atoms with Gasteiger partial charge in [-0.2, -0.15) is 0 Å². The molecule has 0 fully saturated rings. The molecule has 0 radical (unpaired) electrons. The zero-order valence-electron chi connectivity index (χ0n) is 7.37. The summed E-state index contributed by atoms with van der Waals surface area (Å²) in [5.74, 6) is -0.339. The van der Waals surface area contributed by atoms with Gasteiger partial charge in [0, 0.05) is 12.2 Å². The van der Waals surface area contributed by atoms with Crippen LogP contribution < -0.4 is 29.6 Å². The molecule has 0 atom stereocenters. The van der Waals surface area contributed by atoms with E-state index in [0.29, 0.717) is 12.8 Å². The first kappa shape index (κ1) is 15.1. The first-order chi connectivity index (χ1) is 4.92. The van der Waals surface area contributed by atoms with Crippen LogP contribution in [0.4, 0.5) is 0 Å². The van der Waals surface area contributed by atoms with Gasteiger partial charge in [-0.25, -0.2) is 8.42 Å². The maximum absolute atomic E-state index is 10.3. The number of hydrogen-bond acceptors (Lipinski definition) is 4. The van der Waals surface area contributed by atoms with Gasteiger partial charge >= 0.3 is 29.6 Å². The number of carbonyl (C=O) groups excluding carboxylic acids is 1. The second-order valence-corrected chi connectivity index (χ2v) is 3.94. The van der Waals surface area contributed by atoms with Crippen molar-refractivity contribution in [2.45, 2.75) is 26.2 Å². The summed E-state index contributed by atoms with van der Waals surface area (Å²) in [4.78, 5) is 10.3. The van der Waals surface area contributed by atoms with E-state index in [1.54, 1.807) is 0 Å². The summed E-state index contributed by atoms with van der Waals surface area (Å²) in [6, 6.07) is 0. The monoisotopic (exact) mass is 202 g/mol. The normalized spacial score (nSPS) is 10.5. The maximum Gasteiger partial charge on any atom is 1.00 e. The van der Waals surface area contributed by atoms with Gasteiger partial charge in [-0.1, -0.05) is 0 Å². The van der Waals surface area contributed by atoms with Crippen LogP contribution in [-0.4, -0.2) is 24.5 Å². The molecular weight excluding hydrogens is 191 g/mol. The number of unbranched alkanes of at least 4 members (excludes halogenated alkanes) is 1. The fourth-order valence-electron chi connectivity index (χ4n) is 0.653. The minimum Gasteiger partial charge on any atom is -0.748 e. The second kappa shape index (κ2) is 7.03. The summed E-state index contributed by atoms with van der Waals surface area (Å²) in [5, 5.41) is 0. The quantitative estimate of drug-likeness (QED) is 0.276. The molecule has 0 saturated carbocycles. The van der Waals surface area contributed by atoms with Crippen molar-refractivity contribution >= 4 is 15.9 Å². The summed E-state index contributed by atoms with van der Waals surface area (Å²) in [6.45, 7) is 1.44. The molecule has 0 aromatic heterocycles. The van der Waals surface area contributed by atoms with E-state index in [0.717, 1.165) is 0 Å². The fourth-order valence-corrected chi connectivity index (χ4v) is 1.21. The molecule has 0 unspecified atom stereocenters. The number of Topliss-reactive ketones (excluding diaryl/α,β-unsaturated/α-hetero) is 1. The Kier molecular flexibility index (Phi) is 8.83. The first-order valence-corrected chi connectivity index (χ1v) is 4.92. The molecule has 0 heterocycles. The van der Waals surface area contributed by atoms with Crippen LogP contribution in [0.5, 0.6) is 0 Å². The van der Waals surface area contributed by atoms with Crippen LogP contribution in [0.2, 0.25) is 0 Å². The maximum atomic E-state index is 10.3. The minimum atomic E-state index is -4.08. The van der Waals surface area contributed by atoms with Crippen LogP contribution in [-0.2, 0) is 14.9 Å². The van der Waals surface area contributed by atoms with E-state index in [2.05, 4.69) is 0 Å². The first-order valence-electron chi connectivity index (χ1n) is 3.35. The third-order valence-electron chi connectivity index (χ3n) is 1.17. The molecule has 0 N–H and O–H groups in total. The molecule has 0 aliphatic rings. The summed E-state index contributed by atoms with van der Waals surface area (Å²) in [6.07, 6.45) is 1.12. The van der Waals surface area contributed by atoms with Gasteiger partial charge in [0.15, 0.2) is 0 Å². The molecule has 0 bridgehead atoms. The Labute approximate surface area is 94.8 Å². The van der Waals surface area contributed by atoms with Crippen LogP contribution in [0.25, 0.3) is 0 Å². The van der Waals surface area contributed by atoms with E-state index >= 15 is 0 Å². The van der Waals surface area contributed by atoms with Gasteiger partial charge in [0.1, 0.15) is 5.78 Å². The molecule has 0 saturated heterocycles. The van der Waals surface area contributed by atoms with Crippen molar-refractivity contribution < 1.29 is 47.3 Å². The van der Waals surface area contributed by atoms with Crippen LogP contribution in [0.15, 0.2) is 0 Å². The topological polar surface area (TPSA) is 74.3 Å². The molecular formula is C6H11NaO4S. The van der Waals surface area contributed by atoms with Gasteiger partial charge < -0.3 is 9.35 Å². The molecule has 0 amide bonds. The van der Waals surface area contributed by atoms with E-state index in [4.69, 9.17) is 0 Å². The van der Waals surface area contributed by atoms with Gasteiger partial charge in [-0.15, -0.1) is 0 Å². The van der Waals surface area contributed by atoms with Crippen LogP contribution in [0, 0.1) is 0 Å². The van der Waals surface area contributed by atoms with Gasteiger partial charge in [0.25, 0.3) is 0 Å². The van der Waals surface area contributed by atoms with Crippen molar-refractivity contribution in [3.05, 3.63) is 0 Å². The Morgan fingerprint density at radius 3 is 2.17 bits per heavy atom. The third-order valence-corrected chi connectivity index (χ3v) is 1.96. The summed E-state index contributed by atoms with van der Waals surface area (Å²) < 4.78 is 30.1. The average Bonchev–Trinajstić information content (AvgIpc) is 1.78. The largest absolute Gasteiger partial charge is 1.00 e. The molecule has 0 rings (SSSR count). The zero-order chi connectivity index (χ0) is 8.91. The number of carbonyl (C=O) groups is 1. The summed E-state index contributed by atoms with van der Waals surface area (Å²) in [5.41, 5.74) is 0. The van der Waals surface area contributed by atoms with E-state index < -0.39 is 10.1 Å². The summed E-state index contributed by atoms with van der Waals surface area (Å²) >= 11 is 0. The molecule has 12 heavy (non-hydrogen) atoms. The molecule has 66 valence electrons. The van der Waals surface area contributed by atoms with E-state index in [1.807, 2.05) is 0 Å². The van der Waals surface area contributed by atoms with Gasteiger partial charge in [0.05, 0.1) is 10.1 Å². The van der Waals surface area contributed by atoms with E-state index in [-0.39, 0.29) is 47.5 Å². The molecule has 0 aliphatic carbocycles. The fraction of sp³-hybridized carbons (Fsp3) is 0.833. The Morgan fingerprint density at radius 2 is 1.83 bits per heavy atom.